The van der Waals surface area contributed by atoms with Crippen LogP contribution in [-0.2, 0) is 33.2 Å². The lowest BCUT2D eigenvalue weighted by atomic mass is 9.83. The second-order valence-corrected chi connectivity index (χ2v) is 15.5. The second-order valence-electron chi connectivity index (χ2n) is 15.5. The normalized spacial score (nSPS) is 44.3. The third kappa shape index (κ3) is 10.7. The maximum Gasteiger partial charge on any atom is 0.252 e. The van der Waals surface area contributed by atoms with Crippen molar-refractivity contribution in [3.05, 3.63) is 0 Å². The molecule has 0 radical (unpaired) electrons. The number of nitrogens with two attached hydrogens (primary N) is 5. The average Bonchev–Trinajstić information content (AvgIpc) is 3.48. The fourth-order valence-corrected chi connectivity index (χ4v) is 7.83. The summed E-state index contributed by atoms with van der Waals surface area (Å²) in [6, 6.07) is -4.22. The molecule has 0 bridgehead atoms. The molecule has 5 fully saturated rings. The minimum Gasteiger partial charge on any atom is -0.394 e. The van der Waals surface area contributed by atoms with Crippen LogP contribution in [0.1, 0.15) is 32.1 Å². The predicted octanol–water partition coefficient (Wildman–Crippen LogP) is -8.28. The molecular formula is C33H63FN8O14. The molecule has 5 aliphatic rings. The summed E-state index contributed by atoms with van der Waals surface area (Å²) >= 11 is 0. The number of aliphatic hydroxyl groups excluding tert-OH is 6. The van der Waals surface area contributed by atoms with Crippen LogP contribution in [0.25, 0.3) is 0 Å². The summed E-state index contributed by atoms with van der Waals surface area (Å²) in [6.45, 7) is 0.589. The Balaban J connectivity index is 1.31. The van der Waals surface area contributed by atoms with Gasteiger partial charge in [-0.05, 0) is 45.2 Å². The van der Waals surface area contributed by atoms with Crippen LogP contribution < -0.4 is 44.6 Å². The number of piperidine rings is 1. The van der Waals surface area contributed by atoms with Crippen molar-refractivity contribution in [3.63, 3.8) is 0 Å². The summed E-state index contributed by atoms with van der Waals surface area (Å²) in [5.41, 5.74) is 29.2. The van der Waals surface area contributed by atoms with Gasteiger partial charge in [-0.15, -0.1) is 0 Å². The summed E-state index contributed by atoms with van der Waals surface area (Å²) in [7, 11) is 0. The van der Waals surface area contributed by atoms with Crippen molar-refractivity contribution in [2.75, 3.05) is 45.9 Å². The Hall–Kier alpha value is -1.40. The van der Waals surface area contributed by atoms with Crippen LogP contribution in [0.3, 0.4) is 0 Å². The zero-order chi connectivity index (χ0) is 40.9. The molecule has 4 aliphatic heterocycles. The van der Waals surface area contributed by atoms with E-state index < -0.39 is 135 Å². The molecule has 4 saturated heterocycles. The van der Waals surface area contributed by atoms with Gasteiger partial charge in [-0.3, -0.25) is 4.79 Å². The number of halogens is 1. The molecule has 23 heteroatoms. The van der Waals surface area contributed by atoms with Crippen molar-refractivity contribution < 1.29 is 73.4 Å². The van der Waals surface area contributed by atoms with E-state index in [1.54, 1.807) is 0 Å². The van der Waals surface area contributed by atoms with Crippen molar-refractivity contribution in [2.45, 2.75) is 154 Å². The van der Waals surface area contributed by atoms with Gasteiger partial charge in [-0.1, -0.05) is 0 Å². The first-order chi connectivity index (χ1) is 26.6. The molecule has 5 rings (SSSR count). The first-order valence-electron chi connectivity index (χ1n) is 19.3. The van der Waals surface area contributed by atoms with Gasteiger partial charge in [0.25, 0.3) is 5.91 Å². The number of amides is 1. The highest BCUT2D eigenvalue weighted by atomic mass is 19.1. The topological polar surface area (TPSA) is 380 Å². The van der Waals surface area contributed by atoms with Gasteiger partial charge in [-0.25, -0.2) is 4.39 Å². The maximum atomic E-state index is 14.1. The van der Waals surface area contributed by atoms with Crippen LogP contribution >= 0.6 is 0 Å². The molecule has 0 spiro atoms. The third-order valence-electron chi connectivity index (χ3n) is 11.4. The highest BCUT2D eigenvalue weighted by Gasteiger charge is 2.54. The lowest BCUT2D eigenvalue weighted by molar-refractivity contribution is -0.290. The Bertz CT molecular complexity index is 1240. The Morgan fingerprint density at radius 3 is 2.18 bits per heavy atom. The summed E-state index contributed by atoms with van der Waals surface area (Å²) in [6.07, 6.45) is -19.5. The van der Waals surface area contributed by atoms with Gasteiger partial charge >= 0.3 is 0 Å². The van der Waals surface area contributed by atoms with Crippen LogP contribution in [0.2, 0.25) is 0 Å². The van der Waals surface area contributed by atoms with Gasteiger partial charge in [0.15, 0.2) is 25.0 Å². The van der Waals surface area contributed by atoms with E-state index in [4.69, 9.17) is 57.1 Å². The fourth-order valence-electron chi connectivity index (χ4n) is 7.83. The summed E-state index contributed by atoms with van der Waals surface area (Å²) in [5.74, 6) is -1.17. The summed E-state index contributed by atoms with van der Waals surface area (Å²) in [4.78, 5) is 12.8. The summed E-state index contributed by atoms with van der Waals surface area (Å²) in [5, 5.41) is 83.9. The second kappa shape index (κ2) is 20.2. The van der Waals surface area contributed by atoms with E-state index in [1.165, 1.54) is 0 Å². The molecule has 22 nitrogen and oxygen atoms in total. The Kier molecular flexibility index (Phi) is 16.5. The number of carbonyl (C=O) groups excluding carboxylic acids is 1. The molecule has 0 aromatic heterocycles. The lowest BCUT2D eigenvalue weighted by Gasteiger charge is -2.47. The smallest absolute Gasteiger partial charge is 0.252 e. The zero-order valence-electron chi connectivity index (χ0n) is 31.2. The number of alkyl halides is 1. The minimum atomic E-state index is -2.15. The van der Waals surface area contributed by atoms with Crippen LogP contribution in [0.5, 0.6) is 0 Å². The number of hydrogen-bond donors (Lipinski definition) is 15. The van der Waals surface area contributed by atoms with Gasteiger partial charge in [0.1, 0.15) is 61.1 Å². The first-order valence-corrected chi connectivity index (χ1v) is 19.3. The number of ether oxygens (including phenoxy) is 6. The molecule has 19 atom stereocenters. The average molecular weight is 815 g/mol. The number of carbonyl (C=O) groups is 1. The standard InChI is InChI=1S/C33H63FN8O14/c34-14(8-35)21(44)29(49)42-17-7-16(38)26(54-30-15(37)2-1-13(51-30)10-41-12-33(50)3-5-40-6-4-33)28(22(17)45)56-32-25(48)27(19(11-43)53-32)55-31-20(39)24(47)23(46)18(9-36)52-31/h13-28,30-32,40-41,43-48,50H,1-12,35-39H2,(H,42,49)/t13-,14-,15+,16-,17+,18-,19+,20+,21?,22-,23+,24+,25+,26+,27+,28+,30+,31+,32-/m0/s1. The predicted molar refractivity (Wildman–Crippen MR) is 190 cm³/mol. The van der Waals surface area contributed by atoms with Gasteiger partial charge in [0.2, 0.25) is 0 Å². The Morgan fingerprint density at radius 2 is 1.52 bits per heavy atom. The molecule has 0 aromatic rings. The van der Waals surface area contributed by atoms with E-state index in [1.807, 2.05) is 0 Å². The minimum absolute atomic E-state index is 0.156. The van der Waals surface area contributed by atoms with Crippen LogP contribution in [-0.4, -0.2) is 209 Å². The van der Waals surface area contributed by atoms with Crippen LogP contribution in [0.15, 0.2) is 0 Å². The molecule has 1 amide bonds. The SMILES string of the molecule is NC[C@@H]1O[C@H](O[C@H]2[C@@H](O)[C@H](O[C@@H]3[C@@H](O)[C@H](NC(=O)C(O)[C@@H](F)CN)C[C@H](N)[C@H]3O[C@H]3O[C@H](CNCC4(O)CCNCC4)CC[C@H]3N)O[C@@H]2CO)[C@H](N)[C@@H](O)[C@@H]1O. The highest BCUT2D eigenvalue weighted by molar-refractivity contribution is 5.81. The van der Waals surface area contributed by atoms with E-state index in [2.05, 4.69) is 16.0 Å². The quantitative estimate of drug-likeness (QED) is 0.0688. The fraction of sp³-hybridized carbons (Fsp3) is 0.970. The molecule has 56 heavy (non-hydrogen) atoms. The molecular weight excluding hydrogens is 751 g/mol. The van der Waals surface area contributed by atoms with Gasteiger partial charge in [0, 0.05) is 32.2 Å². The monoisotopic (exact) mass is 814 g/mol. The number of rotatable bonds is 16. The number of hydrogen-bond acceptors (Lipinski definition) is 21. The Morgan fingerprint density at radius 1 is 0.857 bits per heavy atom. The zero-order valence-corrected chi connectivity index (χ0v) is 31.2. The lowest BCUT2D eigenvalue weighted by Crippen LogP contribution is -2.67. The van der Waals surface area contributed by atoms with E-state index in [-0.39, 0.29) is 19.1 Å². The molecule has 20 N–H and O–H groups in total. The molecule has 4 heterocycles. The van der Waals surface area contributed by atoms with Gasteiger partial charge in [0.05, 0.1) is 36.4 Å². The van der Waals surface area contributed by atoms with Crippen LogP contribution in [0, 0.1) is 0 Å². The summed E-state index contributed by atoms with van der Waals surface area (Å²) < 4.78 is 50.2. The molecule has 1 unspecified atom stereocenters. The van der Waals surface area contributed by atoms with E-state index in [0.717, 1.165) is 0 Å². The van der Waals surface area contributed by atoms with Crippen molar-refractivity contribution in [3.8, 4) is 0 Å². The highest BCUT2D eigenvalue weighted by Crippen LogP contribution is 2.35. The molecule has 1 aliphatic carbocycles. The van der Waals surface area contributed by atoms with Crippen molar-refractivity contribution >= 4 is 5.91 Å². The van der Waals surface area contributed by atoms with Crippen molar-refractivity contribution in [1.82, 2.24) is 16.0 Å². The van der Waals surface area contributed by atoms with Gasteiger partial charge in [-0.2, -0.15) is 0 Å². The number of aliphatic hydroxyl groups is 7. The third-order valence-corrected chi connectivity index (χ3v) is 11.4. The molecule has 1 saturated carbocycles. The largest absolute Gasteiger partial charge is 0.394 e. The van der Waals surface area contributed by atoms with Crippen molar-refractivity contribution in [2.24, 2.45) is 28.7 Å². The Labute approximate surface area is 323 Å². The van der Waals surface area contributed by atoms with Crippen molar-refractivity contribution in [1.29, 1.82) is 0 Å². The van der Waals surface area contributed by atoms with Gasteiger partial charge < -0.3 is 109 Å². The maximum absolute atomic E-state index is 14.1. The van der Waals surface area contributed by atoms with E-state index >= 15 is 0 Å². The van der Waals surface area contributed by atoms with E-state index in [9.17, 15) is 44.9 Å². The molecule has 326 valence electrons. The first kappa shape index (κ1) is 45.7. The van der Waals surface area contributed by atoms with Crippen LogP contribution in [0.4, 0.5) is 4.39 Å². The number of nitrogens with one attached hydrogen (secondary N) is 3. The van der Waals surface area contributed by atoms with E-state index in [0.29, 0.717) is 51.9 Å². The molecule has 0 aromatic carbocycles.